The van der Waals surface area contributed by atoms with Crippen molar-refractivity contribution in [2.45, 2.75) is 12.8 Å². The summed E-state index contributed by atoms with van der Waals surface area (Å²) < 4.78 is 4.93. The van der Waals surface area contributed by atoms with Gasteiger partial charge in [0.1, 0.15) is 11.9 Å². The second-order valence-electron chi connectivity index (χ2n) is 6.04. The van der Waals surface area contributed by atoms with Crippen LogP contribution in [0.1, 0.15) is 17.8 Å². The first kappa shape index (κ1) is 20.0. The molecule has 1 amide bonds. The van der Waals surface area contributed by atoms with Crippen molar-refractivity contribution in [2.75, 3.05) is 11.9 Å². The summed E-state index contributed by atoms with van der Waals surface area (Å²) in [6.45, 7) is -0.516. The van der Waals surface area contributed by atoms with Gasteiger partial charge in [-0.25, -0.2) is 4.98 Å². The number of hydrogen-bond donors (Lipinski definition) is 2. The van der Waals surface area contributed by atoms with Crippen molar-refractivity contribution in [3.8, 4) is 6.07 Å². The van der Waals surface area contributed by atoms with E-state index in [-0.39, 0.29) is 29.7 Å². The molecule has 0 radical (unpaired) electrons. The Hall–Kier alpha value is -3.70. The summed E-state index contributed by atoms with van der Waals surface area (Å²) in [5.74, 6) is -0.871. The number of nitriles is 1. The van der Waals surface area contributed by atoms with E-state index >= 15 is 0 Å². The zero-order chi connectivity index (χ0) is 20.8. The summed E-state index contributed by atoms with van der Waals surface area (Å²) in [5.41, 5.74) is 0.723. The van der Waals surface area contributed by atoms with Crippen molar-refractivity contribution >= 4 is 40.1 Å². The monoisotopic (exact) mass is 410 g/mol. The standard InChI is InChI=1S/C20H15ClN4O4/c21-13-6-5-12(10-22)16(9-13)24-18(26)11-29-19(27)8-7-17-23-15-4-2-1-3-14(15)20(28)25-17/h1-6,9H,7-8,11H2,(H,24,26)(H,23,25,28). The van der Waals surface area contributed by atoms with Crippen LogP contribution in [0.2, 0.25) is 5.02 Å². The second-order valence-corrected chi connectivity index (χ2v) is 6.48. The van der Waals surface area contributed by atoms with Gasteiger partial charge in [-0.15, -0.1) is 0 Å². The van der Waals surface area contributed by atoms with E-state index in [1.165, 1.54) is 18.2 Å². The van der Waals surface area contributed by atoms with Crippen LogP contribution in [0.4, 0.5) is 5.69 Å². The number of amides is 1. The molecule has 0 unspecified atom stereocenters. The van der Waals surface area contributed by atoms with E-state index in [1.807, 2.05) is 6.07 Å². The predicted molar refractivity (Wildman–Crippen MR) is 106 cm³/mol. The Bertz CT molecular complexity index is 1180. The fraction of sp³-hybridized carbons (Fsp3) is 0.150. The molecule has 2 aromatic carbocycles. The number of esters is 1. The number of H-pyrrole nitrogens is 1. The molecule has 2 N–H and O–H groups in total. The van der Waals surface area contributed by atoms with Gasteiger partial charge in [-0.1, -0.05) is 23.7 Å². The number of nitrogens with zero attached hydrogens (tertiary/aromatic N) is 2. The Morgan fingerprint density at radius 3 is 2.83 bits per heavy atom. The second kappa shape index (κ2) is 8.99. The first-order valence-corrected chi connectivity index (χ1v) is 8.97. The number of anilines is 1. The largest absolute Gasteiger partial charge is 0.456 e. The maximum atomic E-state index is 12.0. The molecule has 0 fully saturated rings. The first-order valence-electron chi connectivity index (χ1n) is 8.59. The molecule has 3 rings (SSSR count). The number of aryl methyl sites for hydroxylation is 1. The number of nitrogens with one attached hydrogen (secondary N) is 2. The molecule has 29 heavy (non-hydrogen) atoms. The molecule has 0 spiro atoms. The summed E-state index contributed by atoms with van der Waals surface area (Å²) >= 11 is 5.85. The zero-order valence-electron chi connectivity index (χ0n) is 15.1. The summed E-state index contributed by atoms with van der Waals surface area (Å²) in [5, 5.41) is 12.3. The molecule has 0 aliphatic heterocycles. The fourth-order valence-electron chi connectivity index (χ4n) is 2.60. The fourth-order valence-corrected chi connectivity index (χ4v) is 2.77. The van der Waals surface area contributed by atoms with Crippen molar-refractivity contribution in [1.82, 2.24) is 9.97 Å². The molecule has 0 saturated heterocycles. The lowest BCUT2D eigenvalue weighted by Gasteiger charge is -2.08. The molecular weight excluding hydrogens is 396 g/mol. The van der Waals surface area contributed by atoms with E-state index in [1.54, 1.807) is 24.3 Å². The van der Waals surface area contributed by atoms with Crippen LogP contribution >= 0.6 is 11.6 Å². The van der Waals surface area contributed by atoms with Gasteiger partial charge in [0, 0.05) is 11.4 Å². The van der Waals surface area contributed by atoms with E-state index in [2.05, 4.69) is 15.3 Å². The van der Waals surface area contributed by atoms with Crippen molar-refractivity contribution in [3.63, 3.8) is 0 Å². The summed E-state index contributed by atoms with van der Waals surface area (Å²) in [6, 6.07) is 13.2. The Labute approximate surface area is 170 Å². The predicted octanol–water partition coefficient (Wildman–Crippen LogP) is 2.56. The number of ether oxygens (including phenoxy) is 1. The summed E-state index contributed by atoms with van der Waals surface area (Å²) in [4.78, 5) is 42.8. The molecular formula is C20H15ClN4O4. The SMILES string of the molecule is N#Cc1ccc(Cl)cc1NC(=O)COC(=O)CCc1nc2ccccc2c(=O)[nH]1. The molecule has 9 heteroatoms. The van der Waals surface area contributed by atoms with Crippen LogP contribution in [0, 0.1) is 11.3 Å². The normalized spacial score (nSPS) is 10.3. The van der Waals surface area contributed by atoms with Gasteiger partial charge in [-0.3, -0.25) is 14.4 Å². The highest BCUT2D eigenvalue weighted by Gasteiger charge is 2.12. The Morgan fingerprint density at radius 2 is 2.03 bits per heavy atom. The molecule has 0 aliphatic rings. The first-order chi connectivity index (χ1) is 14.0. The van der Waals surface area contributed by atoms with Gasteiger partial charge in [0.15, 0.2) is 6.61 Å². The number of aromatic nitrogens is 2. The number of benzene rings is 2. The zero-order valence-corrected chi connectivity index (χ0v) is 15.8. The molecule has 3 aromatic rings. The molecule has 0 atom stereocenters. The number of para-hydroxylation sites is 1. The Balaban J connectivity index is 1.53. The van der Waals surface area contributed by atoms with Crippen LogP contribution in [-0.4, -0.2) is 28.5 Å². The lowest BCUT2D eigenvalue weighted by atomic mass is 10.2. The van der Waals surface area contributed by atoms with E-state index in [9.17, 15) is 14.4 Å². The molecule has 0 aliphatic carbocycles. The third-order valence-electron chi connectivity index (χ3n) is 3.97. The minimum atomic E-state index is -0.623. The highest BCUT2D eigenvalue weighted by atomic mass is 35.5. The van der Waals surface area contributed by atoms with Crippen molar-refractivity contribution in [2.24, 2.45) is 0 Å². The average Bonchev–Trinajstić information content (AvgIpc) is 2.71. The minimum Gasteiger partial charge on any atom is -0.456 e. The van der Waals surface area contributed by atoms with Crippen LogP contribution in [0.5, 0.6) is 0 Å². The number of halogens is 1. The topological polar surface area (TPSA) is 125 Å². The summed E-state index contributed by atoms with van der Waals surface area (Å²) in [7, 11) is 0. The number of carbonyl (C=O) groups is 2. The van der Waals surface area contributed by atoms with E-state index in [4.69, 9.17) is 21.6 Å². The summed E-state index contributed by atoms with van der Waals surface area (Å²) in [6.07, 6.45) is 0.0998. The smallest absolute Gasteiger partial charge is 0.306 e. The Kier molecular flexibility index (Phi) is 6.22. The van der Waals surface area contributed by atoms with Crippen LogP contribution in [-0.2, 0) is 20.7 Å². The maximum Gasteiger partial charge on any atom is 0.306 e. The molecule has 0 saturated carbocycles. The van der Waals surface area contributed by atoms with Crippen LogP contribution < -0.4 is 10.9 Å². The highest BCUT2D eigenvalue weighted by molar-refractivity contribution is 6.31. The third kappa shape index (κ3) is 5.18. The van der Waals surface area contributed by atoms with Gasteiger partial charge in [-0.05, 0) is 30.3 Å². The quantitative estimate of drug-likeness (QED) is 0.601. The van der Waals surface area contributed by atoms with Gasteiger partial charge in [0.05, 0.1) is 28.6 Å². The van der Waals surface area contributed by atoms with Crippen LogP contribution in [0.25, 0.3) is 10.9 Å². The van der Waals surface area contributed by atoms with Gasteiger partial charge < -0.3 is 15.0 Å². The van der Waals surface area contributed by atoms with Crippen molar-refractivity contribution < 1.29 is 14.3 Å². The maximum absolute atomic E-state index is 12.0. The minimum absolute atomic E-state index is 0.0603. The number of aromatic amines is 1. The van der Waals surface area contributed by atoms with Gasteiger partial charge in [-0.2, -0.15) is 5.26 Å². The van der Waals surface area contributed by atoms with Gasteiger partial charge >= 0.3 is 5.97 Å². The van der Waals surface area contributed by atoms with Gasteiger partial charge in [0.25, 0.3) is 11.5 Å². The van der Waals surface area contributed by atoms with Gasteiger partial charge in [0.2, 0.25) is 0 Å². The number of hydrogen-bond acceptors (Lipinski definition) is 6. The number of rotatable bonds is 6. The average molecular weight is 411 g/mol. The van der Waals surface area contributed by atoms with Crippen molar-refractivity contribution in [1.29, 1.82) is 5.26 Å². The number of fused-ring (bicyclic) bond motifs is 1. The van der Waals surface area contributed by atoms with E-state index < -0.39 is 18.5 Å². The molecule has 1 heterocycles. The Morgan fingerprint density at radius 1 is 1.24 bits per heavy atom. The van der Waals surface area contributed by atoms with E-state index in [0.29, 0.717) is 21.7 Å². The highest BCUT2D eigenvalue weighted by Crippen LogP contribution is 2.20. The van der Waals surface area contributed by atoms with E-state index in [0.717, 1.165) is 0 Å². The molecule has 1 aromatic heterocycles. The molecule has 0 bridgehead atoms. The number of carbonyl (C=O) groups excluding carboxylic acids is 2. The van der Waals surface area contributed by atoms with Crippen LogP contribution in [0.15, 0.2) is 47.3 Å². The lowest BCUT2D eigenvalue weighted by Crippen LogP contribution is -2.22. The lowest BCUT2D eigenvalue weighted by molar-refractivity contribution is -0.147. The molecule has 146 valence electrons. The third-order valence-corrected chi connectivity index (χ3v) is 4.20. The molecule has 8 nitrogen and oxygen atoms in total. The van der Waals surface area contributed by atoms with Crippen LogP contribution in [0.3, 0.4) is 0 Å². The van der Waals surface area contributed by atoms with Crippen molar-refractivity contribution in [3.05, 3.63) is 69.2 Å².